The van der Waals surface area contributed by atoms with Crippen molar-refractivity contribution >= 4 is 17.7 Å². The number of nitrogens with one attached hydrogen (secondary N) is 1. The van der Waals surface area contributed by atoms with E-state index in [1.165, 1.54) is 25.7 Å². The zero-order chi connectivity index (χ0) is 24.6. The van der Waals surface area contributed by atoms with Gasteiger partial charge >= 0.3 is 0 Å². The lowest BCUT2D eigenvalue weighted by atomic mass is 9.98. The quantitative estimate of drug-likeness (QED) is 0.630. The lowest BCUT2D eigenvalue weighted by Crippen LogP contribution is -2.54. The van der Waals surface area contributed by atoms with Gasteiger partial charge in [0.05, 0.1) is 0 Å². The van der Waals surface area contributed by atoms with Gasteiger partial charge in [-0.05, 0) is 63.3 Å². The highest BCUT2D eigenvalue weighted by molar-refractivity contribution is 5.78. The first-order chi connectivity index (χ1) is 17.7. The van der Waals surface area contributed by atoms with Crippen molar-refractivity contribution in [2.75, 3.05) is 56.1 Å². The van der Waals surface area contributed by atoms with Crippen molar-refractivity contribution in [3.8, 4) is 5.75 Å². The lowest BCUT2D eigenvalue weighted by molar-refractivity contribution is -0.135. The first kappa shape index (κ1) is 24.8. The summed E-state index contributed by atoms with van der Waals surface area (Å²) in [5.74, 6) is 2.60. The molecule has 0 radical (unpaired) electrons. The van der Waals surface area contributed by atoms with Crippen LogP contribution in [0.25, 0.3) is 0 Å². The van der Waals surface area contributed by atoms with E-state index < -0.39 is 0 Å². The van der Waals surface area contributed by atoms with Gasteiger partial charge in [0.1, 0.15) is 11.6 Å². The minimum absolute atomic E-state index is 0.0777. The van der Waals surface area contributed by atoms with Crippen LogP contribution in [0.2, 0.25) is 0 Å². The van der Waals surface area contributed by atoms with Crippen molar-refractivity contribution in [1.82, 2.24) is 19.8 Å². The van der Waals surface area contributed by atoms with E-state index in [0.29, 0.717) is 12.1 Å². The minimum Gasteiger partial charge on any atom is -0.484 e. The summed E-state index contributed by atoms with van der Waals surface area (Å²) in [5.41, 5.74) is 0. The summed E-state index contributed by atoms with van der Waals surface area (Å²) in [6.07, 6.45) is 11.4. The molecule has 0 aliphatic carbocycles. The van der Waals surface area contributed by atoms with Crippen LogP contribution in [0.15, 0.2) is 42.6 Å². The second-order valence-corrected chi connectivity index (χ2v) is 10.4. The van der Waals surface area contributed by atoms with E-state index in [-0.39, 0.29) is 12.5 Å². The molecule has 36 heavy (non-hydrogen) atoms. The van der Waals surface area contributed by atoms with Crippen LogP contribution in [-0.4, -0.2) is 83.6 Å². The van der Waals surface area contributed by atoms with Gasteiger partial charge in [-0.25, -0.2) is 4.98 Å². The zero-order valence-electron chi connectivity index (χ0n) is 21.4. The molecular formula is C28H40N6O2. The number of anilines is 2. The van der Waals surface area contributed by atoms with Crippen molar-refractivity contribution < 1.29 is 9.53 Å². The van der Waals surface area contributed by atoms with Crippen LogP contribution >= 0.6 is 0 Å². The maximum absolute atomic E-state index is 12.8. The average molecular weight is 493 g/mol. The van der Waals surface area contributed by atoms with Crippen molar-refractivity contribution in [2.24, 2.45) is 0 Å². The summed E-state index contributed by atoms with van der Waals surface area (Å²) in [4.78, 5) is 29.2. The summed E-state index contributed by atoms with van der Waals surface area (Å²) in [6.45, 7) is 5.92. The Bertz CT molecular complexity index is 966. The Morgan fingerprint density at radius 1 is 0.917 bits per heavy atom. The fourth-order valence-electron chi connectivity index (χ4n) is 5.77. The van der Waals surface area contributed by atoms with E-state index in [9.17, 15) is 4.79 Å². The molecule has 1 N–H and O–H groups in total. The molecular weight excluding hydrogens is 452 g/mol. The molecule has 2 atom stereocenters. The Hall–Kier alpha value is -2.87. The summed E-state index contributed by atoms with van der Waals surface area (Å²) in [5, 5.41) is 3.63. The second-order valence-electron chi connectivity index (χ2n) is 10.4. The molecule has 1 aromatic heterocycles. The number of benzene rings is 1. The minimum atomic E-state index is 0.0777. The predicted octanol–water partition coefficient (Wildman–Crippen LogP) is 3.80. The molecule has 8 nitrogen and oxygen atoms in total. The number of carbonyl (C=O) groups excluding carboxylic acids is 1. The van der Waals surface area contributed by atoms with Crippen LogP contribution < -0.4 is 15.0 Å². The molecule has 0 bridgehead atoms. The van der Waals surface area contributed by atoms with E-state index in [1.807, 2.05) is 47.5 Å². The molecule has 1 amide bonds. The van der Waals surface area contributed by atoms with Crippen molar-refractivity contribution in [1.29, 1.82) is 0 Å². The number of likely N-dealkylation sites (tertiary alicyclic amines) is 2. The molecule has 8 heteroatoms. The number of carbonyl (C=O) groups is 1. The number of piperidine rings is 2. The number of hydrogen-bond acceptors (Lipinski definition) is 7. The summed E-state index contributed by atoms with van der Waals surface area (Å²) >= 11 is 0. The molecule has 3 aliphatic rings. The van der Waals surface area contributed by atoms with E-state index in [2.05, 4.69) is 20.1 Å². The van der Waals surface area contributed by atoms with E-state index in [0.717, 1.165) is 82.5 Å². The number of hydrogen-bond donors (Lipinski definition) is 1. The molecule has 1 aromatic carbocycles. The standard InChI is InChI=1S/C28H40N6O2/c35-27(22-36-25-12-4-3-5-13-25)34-19-9-11-24(21-34)33-18-8-10-23(20-33)30-28-29-15-14-26(31-28)32-16-6-1-2-7-17-32/h3-5,12-15,23-24H,1-2,6-11,16-22H2,(H,29,30,31). The van der Waals surface area contributed by atoms with Crippen LogP contribution in [0.3, 0.4) is 0 Å². The molecule has 5 rings (SSSR count). The Morgan fingerprint density at radius 3 is 2.56 bits per heavy atom. The summed E-state index contributed by atoms with van der Waals surface area (Å²) in [7, 11) is 0. The molecule has 0 saturated carbocycles. The van der Waals surface area contributed by atoms with Crippen LogP contribution in [0, 0.1) is 0 Å². The first-order valence-corrected chi connectivity index (χ1v) is 13.8. The number of aromatic nitrogens is 2. The van der Waals surface area contributed by atoms with Gasteiger partial charge in [-0.1, -0.05) is 31.0 Å². The van der Waals surface area contributed by atoms with Gasteiger partial charge < -0.3 is 19.9 Å². The van der Waals surface area contributed by atoms with E-state index >= 15 is 0 Å². The fraction of sp³-hybridized carbons (Fsp3) is 0.607. The highest BCUT2D eigenvalue weighted by Gasteiger charge is 2.31. The third-order valence-electron chi connectivity index (χ3n) is 7.73. The topological polar surface area (TPSA) is 73.8 Å². The van der Waals surface area contributed by atoms with Crippen LogP contribution in [0.5, 0.6) is 5.75 Å². The number of nitrogens with zero attached hydrogens (tertiary/aromatic N) is 5. The SMILES string of the molecule is O=C(COc1ccccc1)N1CCCC(N2CCCC(Nc3nccc(N4CCCCCC4)n3)C2)C1. The monoisotopic (exact) mass is 492 g/mol. The zero-order valence-corrected chi connectivity index (χ0v) is 21.4. The number of para-hydroxylation sites is 1. The average Bonchev–Trinajstić information content (AvgIpc) is 3.23. The van der Waals surface area contributed by atoms with Crippen molar-refractivity contribution in [3.63, 3.8) is 0 Å². The van der Waals surface area contributed by atoms with Gasteiger partial charge in [0, 0.05) is 51.0 Å². The number of rotatable bonds is 7. The maximum atomic E-state index is 12.8. The molecule has 3 aliphatic heterocycles. The smallest absolute Gasteiger partial charge is 0.260 e. The van der Waals surface area contributed by atoms with Crippen LogP contribution in [0.4, 0.5) is 11.8 Å². The normalized spacial score (nSPS) is 23.7. The van der Waals surface area contributed by atoms with Crippen molar-refractivity contribution in [3.05, 3.63) is 42.6 Å². The van der Waals surface area contributed by atoms with Gasteiger partial charge in [-0.15, -0.1) is 0 Å². The van der Waals surface area contributed by atoms with Crippen LogP contribution in [-0.2, 0) is 4.79 Å². The predicted molar refractivity (Wildman–Crippen MR) is 142 cm³/mol. The Labute approximate surface area is 215 Å². The first-order valence-electron chi connectivity index (χ1n) is 13.8. The molecule has 3 fully saturated rings. The van der Waals surface area contributed by atoms with E-state index in [4.69, 9.17) is 9.72 Å². The van der Waals surface area contributed by atoms with Gasteiger partial charge in [0.15, 0.2) is 6.61 Å². The van der Waals surface area contributed by atoms with Gasteiger partial charge in [-0.2, -0.15) is 4.98 Å². The molecule has 0 spiro atoms. The lowest BCUT2D eigenvalue weighted by Gasteiger charge is -2.43. The third-order valence-corrected chi connectivity index (χ3v) is 7.73. The third kappa shape index (κ3) is 6.66. The van der Waals surface area contributed by atoms with Crippen LogP contribution in [0.1, 0.15) is 51.4 Å². The molecule has 2 unspecified atom stereocenters. The molecule has 2 aromatic rings. The van der Waals surface area contributed by atoms with Gasteiger partial charge in [0.2, 0.25) is 5.95 Å². The van der Waals surface area contributed by atoms with E-state index in [1.54, 1.807) is 0 Å². The largest absolute Gasteiger partial charge is 0.484 e. The number of amides is 1. The Kier molecular flexibility index (Phi) is 8.54. The second kappa shape index (κ2) is 12.4. The van der Waals surface area contributed by atoms with Gasteiger partial charge in [-0.3, -0.25) is 9.69 Å². The number of ether oxygens (including phenoxy) is 1. The fourth-order valence-corrected chi connectivity index (χ4v) is 5.77. The molecule has 194 valence electrons. The highest BCUT2D eigenvalue weighted by Crippen LogP contribution is 2.23. The Morgan fingerprint density at radius 2 is 1.72 bits per heavy atom. The maximum Gasteiger partial charge on any atom is 0.260 e. The summed E-state index contributed by atoms with van der Waals surface area (Å²) < 4.78 is 5.71. The van der Waals surface area contributed by atoms with Gasteiger partial charge in [0.25, 0.3) is 5.91 Å². The Balaban J connectivity index is 1.13. The highest BCUT2D eigenvalue weighted by atomic mass is 16.5. The molecule has 3 saturated heterocycles. The van der Waals surface area contributed by atoms with Crippen molar-refractivity contribution in [2.45, 2.75) is 63.5 Å². The summed E-state index contributed by atoms with van der Waals surface area (Å²) in [6, 6.07) is 12.3. The molecule has 4 heterocycles.